The summed E-state index contributed by atoms with van der Waals surface area (Å²) in [6.07, 6.45) is 0.666. The third-order valence-electron chi connectivity index (χ3n) is 3.14. The van der Waals surface area contributed by atoms with Gasteiger partial charge in [-0.15, -0.1) is 0 Å². The van der Waals surface area contributed by atoms with Crippen molar-refractivity contribution < 1.29 is 32.6 Å². The number of aldehydes is 1. The van der Waals surface area contributed by atoms with Crippen LogP contribution < -0.4 is 19.5 Å². The molecule has 0 radical (unpaired) electrons. The molecule has 0 atom stereocenters. The molecule has 0 bridgehead atoms. The van der Waals surface area contributed by atoms with E-state index in [1.165, 1.54) is 36.4 Å². The number of para-hydroxylation sites is 2. The Morgan fingerprint density at radius 2 is 1.88 bits per heavy atom. The zero-order chi connectivity index (χ0) is 18.9. The SMILES string of the molecule is CCOc1cc(C=O)ccc1OCC(=O)Nc1ccccc1OC(F)F. The molecule has 0 saturated heterocycles. The molecule has 0 aliphatic rings. The summed E-state index contributed by atoms with van der Waals surface area (Å²) in [4.78, 5) is 22.9. The van der Waals surface area contributed by atoms with Crippen molar-refractivity contribution in [3.8, 4) is 17.2 Å². The molecule has 0 aromatic heterocycles. The maximum atomic E-state index is 12.4. The Balaban J connectivity index is 2.02. The molecular weight excluding hydrogens is 348 g/mol. The number of hydrogen-bond donors (Lipinski definition) is 1. The number of halogens is 2. The lowest BCUT2D eigenvalue weighted by molar-refractivity contribution is -0.118. The van der Waals surface area contributed by atoms with Crippen LogP contribution in [0.3, 0.4) is 0 Å². The molecular formula is C18H17F2NO5. The second-order valence-electron chi connectivity index (χ2n) is 4.97. The quantitative estimate of drug-likeness (QED) is 0.689. The Morgan fingerprint density at radius 3 is 2.58 bits per heavy atom. The van der Waals surface area contributed by atoms with Gasteiger partial charge in [0, 0.05) is 5.56 Å². The van der Waals surface area contributed by atoms with E-state index in [9.17, 15) is 18.4 Å². The fourth-order valence-corrected chi connectivity index (χ4v) is 2.08. The number of anilines is 1. The highest BCUT2D eigenvalue weighted by Gasteiger charge is 2.13. The van der Waals surface area contributed by atoms with Gasteiger partial charge in [0.1, 0.15) is 12.0 Å². The van der Waals surface area contributed by atoms with Gasteiger partial charge in [0.15, 0.2) is 18.1 Å². The Kier molecular flexibility index (Phi) is 6.90. The minimum Gasteiger partial charge on any atom is -0.490 e. The molecule has 1 N–H and O–H groups in total. The first-order valence-electron chi connectivity index (χ1n) is 7.72. The van der Waals surface area contributed by atoms with E-state index in [0.29, 0.717) is 24.2 Å². The molecule has 6 nitrogen and oxygen atoms in total. The van der Waals surface area contributed by atoms with E-state index in [1.807, 2.05) is 0 Å². The number of alkyl halides is 2. The molecule has 8 heteroatoms. The van der Waals surface area contributed by atoms with Gasteiger partial charge in [0.2, 0.25) is 0 Å². The molecule has 2 rings (SSSR count). The number of nitrogens with one attached hydrogen (secondary N) is 1. The standard InChI is InChI=1S/C18H17F2NO5/c1-2-24-16-9-12(10-22)7-8-15(16)25-11-17(23)21-13-5-3-4-6-14(13)26-18(19)20/h3-10,18H,2,11H2,1H3,(H,21,23). The van der Waals surface area contributed by atoms with Gasteiger partial charge in [-0.25, -0.2) is 0 Å². The van der Waals surface area contributed by atoms with Crippen LogP contribution in [0, 0.1) is 0 Å². The van der Waals surface area contributed by atoms with Crippen LogP contribution in [0.2, 0.25) is 0 Å². The summed E-state index contributed by atoms with van der Waals surface area (Å²) in [7, 11) is 0. The first kappa shape index (κ1) is 19.2. The zero-order valence-electron chi connectivity index (χ0n) is 13.9. The summed E-state index contributed by atoms with van der Waals surface area (Å²) >= 11 is 0. The molecule has 2 aromatic rings. The van der Waals surface area contributed by atoms with Crippen LogP contribution in [0.25, 0.3) is 0 Å². The Hall–Kier alpha value is -3.16. The number of rotatable bonds is 9. The summed E-state index contributed by atoms with van der Waals surface area (Å²) in [6, 6.07) is 10.3. The Morgan fingerprint density at radius 1 is 1.12 bits per heavy atom. The summed E-state index contributed by atoms with van der Waals surface area (Å²) in [6.45, 7) is -1.27. The summed E-state index contributed by atoms with van der Waals surface area (Å²) < 4.78 is 39.9. The monoisotopic (exact) mass is 365 g/mol. The number of amides is 1. The van der Waals surface area contributed by atoms with Crippen LogP contribution >= 0.6 is 0 Å². The van der Waals surface area contributed by atoms with E-state index >= 15 is 0 Å². The third kappa shape index (κ3) is 5.44. The predicted molar refractivity (Wildman–Crippen MR) is 90.2 cm³/mol. The van der Waals surface area contributed by atoms with Gasteiger partial charge in [-0.1, -0.05) is 12.1 Å². The highest BCUT2D eigenvalue weighted by molar-refractivity contribution is 5.93. The third-order valence-corrected chi connectivity index (χ3v) is 3.14. The second-order valence-corrected chi connectivity index (χ2v) is 4.97. The van der Waals surface area contributed by atoms with Crippen molar-refractivity contribution in [1.29, 1.82) is 0 Å². The van der Waals surface area contributed by atoms with E-state index < -0.39 is 12.5 Å². The summed E-state index contributed by atoms with van der Waals surface area (Å²) in [5.41, 5.74) is 0.506. The summed E-state index contributed by atoms with van der Waals surface area (Å²) in [5, 5.41) is 2.44. The predicted octanol–water partition coefficient (Wildman–Crippen LogP) is 3.52. The molecule has 2 aromatic carbocycles. The van der Waals surface area contributed by atoms with Crippen molar-refractivity contribution in [3.63, 3.8) is 0 Å². The number of hydrogen-bond acceptors (Lipinski definition) is 5. The van der Waals surface area contributed by atoms with Gasteiger partial charge in [-0.3, -0.25) is 9.59 Å². The van der Waals surface area contributed by atoms with Crippen LogP contribution in [0.4, 0.5) is 14.5 Å². The van der Waals surface area contributed by atoms with E-state index in [2.05, 4.69) is 10.1 Å². The lowest BCUT2D eigenvalue weighted by Gasteiger charge is -2.14. The number of benzene rings is 2. The minimum atomic E-state index is -3.01. The number of carbonyl (C=O) groups is 2. The average Bonchev–Trinajstić information content (AvgIpc) is 2.62. The van der Waals surface area contributed by atoms with Gasteiger partial charge >= 0.3 is 6.61 Å². The van der Waals surface area contributed by atoms with Gasteiger partial charge in [-0.05, 0) is 37.3 Å². The van der Waals surface area contributed by atoms with Gasteiger partial charge < -0.3 is 19.5 Å². The van der Waals surface area contributed by atoms with Crippen molar-refractivity contribution in [2.24, 2.45) is 0 Å². The average molecular weight is 365 g/mol. The topological polar surface area (TPSA) is 73.9 Å². The normalized spacial score (nSPS) is 10.3. The number of ether oxygens (including phenoxy) is 3. The Bertz CT molecular complexity index is 767. The fraction of sp³-hybridized carbons (Fsp3) is 0.222. The smallest absolute Gasteiger partial charge is 0.387 e. The molecule has 138 valence electrons. The first-order valence-corrected chi connectivity index (χ1v) is 7.72. The van der Waals surface area contributed by atoms with Crippen LogP contribution in [0.1, 0.15) is 17.3 Å². The van der Waals surface area contributed by atoms with Crippen molar-refractivity contribution in [2.45, 2.75) is 13.5 Å². The van der Waals surface area contributed by atoms with E-state index in [4.69, 9.17) is 9.47 Å². The van der Waals surface area contributed by atoms with E-state index in [0.717, 1.165) is 0 Å². The summed E-state index contributed by atoms with van der Waals surface area (Å²) in [5.74, 6) is -0.116. The maximum absolute atomic E-state index is 12.4. The van der Waals surface area contributed by atoms with Gasteiger partial charge in [-0.2, -0.15) is 8.78 Å². The Labute approximate surface area is 148 Å². The minimum absolute atomic E-state index is 0.0998. The largest absolute Gasteiger partial charge is 0.490 e. The van der Waals surface area contributed by atoms with Gasteiger partial charge in [0.05, 0.1) is 12.3 Å². The van der Waals surface area contributed by atoms with Crippen LogP contribution in [0.5, 0.6) is 17.2 Å². The fourth-order valence-electron chi connectivity index (χ4n) is 2.08. The van der Waals surface area contributed by atoms with Crippen LogP contribution in [0.15, 0.2) is 42.5 Å². The first-order chi connectivity index (χ1) is 12.5. The molecule has 0 fully saturated rings. The van der Waals surface area contributed by atoms with Crippen molar-refractivity contribution >= 4 is 17.9 Å². The van der Waals surface area contributed by atoms with Crippen molar-refractivity contribution in [2.75, 3.05) is 18.5 Å². The number of carbonyl (C=O) groups excluding carboxylic acids is 2. The van der Waals surface area contributed by atoms with E-state index in [1.54, 1.807) is 13.0 Å². The molecule has 1 amide bonds. The molecule has 0 aliphatic heterocycles. The van der Waals surface area contributed by atoms with Crippen LogP contribution in [-0.4, -0.2) is 32.0 Å². The lowest BCUT2D eigenvalue weighted by Crippen LogP contribution is -2.21. The second kappa shape index (κ2) is 9.36. The maximum Gasteiger partial charge on any atom is 0.387 e. The molecule has 0 heterocycles. The molecule has 26 heavy (non-hydrogen) atoms. The van der Waals surface area contributed by atoms with Gasteiger partial charge in [0.25, 0.3) is 5.91 Å². The molecule has 0 unspecified atom stereocenters. The molecule has 0 spiro atoms. The lowest BCUT2D eigenvalue weighted by atomic mass is 10.2. The zero-order valence-corrected chi connectivity index (χ0v) is 13.9. The van der Waals surface area contributed by atoms with Crippen molar-refractivity contribution in [1.82, 2.24) is 0 Å². The molecule has 0 aliphatic carbocycles. The van der Waals surface area contributed by atoms with Crippen LogP contribution in [-0.2, 0) is 4.79 Å². The highest BCUT2D eigenvalue weighted by atomic mass is 19.3. The molecule has 0 saturated carbocycles. The van der Waals surface area contributed by atoms with E-state index in [-0.39, 0.29) is 23.8 Å². The van der Waals surface area contributed by atoms with Crippen molar-refractivity contribution in [3.05, 3.63) is 48.0 Å². The highest BCUT2D eigenvalue weighted by Crippen LogP contribution is 2.28.